The van der Waals surface area contributed by atoms with E-state index < -0.39 is 0 Å². The molecule has 1 amide bonds. The Morgan fingerprint density at radius 2 is 2.18 bits per heavy atom. The molecule has 2 rings (SSSR count). The van der Waals surface area contributed by atoms with Crippen molar-refractivity contribution in [2.24, 2.45) is 0 Å². The van der Waals surface area contributed by atoms with Gasteiger partial charge in [0.15, 0.2) is 6.61 Å². The van der Waals surface area contributed by atoms with E-state index in [2.05, 4.69) is 11.4 Å². The second kappa shape index (κ2) is 9.07. The topological polar surface area (TPSA) is 68.5 Å². The van der Waals surface area contributed by atoms with E-state index in [1.165, 1.54) is 18.4 Å². The van der Waals surface area contributed by atoms with Crippen LogP contribution in [0.1, 0.15) is 44.3 Å². The van der Waals surface area contributed by atoms with E-state index in [-0.39, 0.29) is 24.9 Å². The molecule has 1 aromatic heterocycles. The molecule has 0 saturated heterocycles. The summed E-state index contributed by atoms with van der Waals surface area (Å²) in [4.78, 5) is 23.1. The first-order valence-corrected chi connectivity index (χ1v) is 7.86. The van der Waals surface area contributed by atoms with Crippen LogP contribution in [-0.4, -0.2) is 25.0 Å². The monoisotopic (exact) mass is 305 g/mol. The number of ether oxygens (including phenoxy) is 1. The van der Waals surface area contributed by atoms with Gasteiger partial charge in [0, 0.05) is 13.0 Å². The van der Waals surface area contributed by atoms with Gasteiger partial charge in [-0.2, -0.15) is 0 Å². The first kappa shape index (κ1) is 16.3. The van der Waals surface area contributed by atoms with Crippen molar-refractivity contribution in [1.82, 2.24) is 5.32 Å². The van der Waals surface area contributed by atoms with Gasteiger partial charge in [0.2, 0.25) is 0 Å². The summed E-state index contributed by atoms with van der Waals surface area (Å²) in [6, 6.07) is 3.58. The lowest BCUT2D eigenvalue weighted by Crippen LogP contribution is -2.29. The molecule has 0 saturated carbocycles. The fraction of sp³-hybridized carbons (Fsp3) is 0.529. The molecule has 120 valence electrons. The summed E-state index contributed by atoms with van der Waals surface area (Å²) in [5.41, 5.74) is 1.42. The Labute approximate surface area is 130 Å². The molecule has 0 bridgehead atoms. The molecule has 1 aliphatic carbocycles. The summed E-state index contributed by atoms with van der Waals surface area (Å²) in [5, 5.41) is 2.78. The predicted molar refractivity (Wildman–Crippen MR) is 82.2 cm³/mol. The van der Waals surface area contributed by atoms with Gasteiger partial charge in [0.1, 0.15) is 5.76 Å². The van der Waals surface area contributed by atoms with Crippen LogP contribution < -0.4 is 5.32 Å². The van der Waals surface area contributed by atoms with Crippen molar-refractivity contribution in [2.45, 2.75) is 44.9 Å². The third kappa shape index (κ3) is 6.16. The number of hydrogen-bond donors (Lipinski definition) is 1. The average molecular weight is 305 g/mol. The van der Waals surface area contributed by atoms with E-state index in [9.17, 15) is 9.59 Å². The normalized spacial score (nSPS) is 14.3. The van der Waals surface area contributed by atoms with Crippen LogP contribution in [0.5, 0.6) is 0 Å². The highest BCUT2D eigenvalue weighted by molar-refractivity contribution is 5.80. The van der Waals surface area contributed by atoms with E-state index >= 15 is 0 Å². The molecule has 0 aromatic carbocycles. The summed E-state index contributed by atoms with van der Waals surface area (Å²) in [7, 11) is 0. The van der Waals surface area contributed by atoms with Crippen LogP contribution >= 0.6 is 0 Å². The highest BCUT2D eigenvalue weighted by atomic mass is 16.5. The van der Waals surface area contributed by atoms with E-state index in [0.29, 0.717) is 13.0 Å². The molecule has 22 heavy (non-hydrogen) atoms. The Bertz CT molecular complexity index is 505. The molecule has 1 N–H and O–H groups in total. The SMILES string of the molecule is O=C(COC(=O)CCc1ccco1)NCCC1=CCCCC1. The number of esters is 1. The van der Waals surface area contributed by atoms with Crippen molar-refractivity contribution in [3.63, 3.8) is 0 Å². The molecule has 0 unspecified atom stereocenters. The standard InChI is InChI=1S/C17H23NO4/c19-16(18-11-10-14-5-2-1-3-6-14)13-22-17(20)9-8-15-7-4-12-21-15/h4-5,7,12H,1-3,6,8-11,13H2,(H,18,19). The van der Waals surface area contributed by atoms with Crippen molar-refractivity contribution in [2.75, 3.05) is 13.2 Å². The van der Waals surface area contributed by atoms with Crippen LogP contribution in [0.15, 0.2) is 34.5 Å². The van der Waals surface area contributed by atoms with Gasteiger partial charge in [-0.3, -0.25) is 9.59 Å². The molecule has 1 heterocycles. The number of carbonyl (C=O) groups is 2. The lowest BCUT2D eigenvalue weighted by Gasteiger charge is -2.13. The molecular formula is C17H23NO4. The highest BCUT2D eigenvalue weighted by Gasteiger charge is 2.09. The quantitative estimate of drug-likeness (QED) is 0.592. The summed E-state index contributed by atoms with van der Waals surface area (Å²) in [6.45, 7) is 0.394. The number of allylic oxidation sites excluding steroid dienone is 1. The Morgan fingerprint density at radius 1 is 1.27 bits per heavy atom. The van der Waals surface area contributed by atoms with Crippen LogP contribution in [0.3, 0.4) is 0 Å². The Hall–Kier alpha value is -2.04. The zero-order valence-electron chi connectivity index (χ0n) is 12.8. The number of hydrogen-bond acceptors (Lipinski definition) is 4. The first-order valence-electron chi connectivity index (χ1n) is 7.86. The zero-order valence-corrected chi connectivity index (χ0v) is 12.8. The molecule has 0 aliphatic heterocycles. The minimum Gasteiger partial charge on any atom is -0.469 e. The van der Waals surface area contributed by atoms with E-state index in [4.69, 9.17) is 9.15 Å². The van der Waals surface area contributed by atoms with Crippen molar-refractivity contribution in [3.8, 4) is 0 Å². The molecule has 0 atom stereocenters. The third-order valence-electron chi connectivity index (χ3n) is 3.67. The fourth-order valence-electron chi connectivity index (χ4n) is 2.44. The van der Waals surface area contributed by atoms with Crippen LogP contribution in [-0.2, 0) is 20.7 Å². The number of furan rings is 1. The number of nitrogens with one attached hydrogen (secondary N) is 1. The molecule has 1 aromatic rings. The molecular weight excluding hydrogens is 282 g/mol. The summed E-state index contributed by atoms with van der Waals surface area (Å²) < 4.78 is 10.1. The molecule has 5 heteroatoms. The lowest BCUT2D eigenvalue weighted by atomic mass is 9.97. The summed E-state index contributed by atoms with van der Waals surface area (Å²) in [6.07, 6.45) is 10.2. The van der Waals surface area contributed by atoms with E-state index in [1.807, 2.05) is 0 Å². The van der Waals surface area contributed by atoms with Gasteiger partial charge in [-0.15, -0.1) is 0 Å². The highest BCUT2D eigenvalue weighted by Crippen LogP contribution is 2.19. The van der Waals surface area contributed by atoms with Gasteiger partial charge in [-0.05, 0) is 44.2 Å². The Morgan fingerprint density at radius 3 is 2.91 bits per heavy atom. The van der Waals surface area contributed by atoms with Gasteiger partial charge in [0.05, 0.1) is 12.7 Å². The summed E-state index contributed by atoms with van der Waals surface area (Å²) in [5.74, 6) is 0.103. The minimum absolute atomic E-state index is 0.212. The van der Waals surface area contributed by atoms with E-state index in [0.717, 1.165) is 25.0 Å². The van der Waals surface area contributed by atoms with Crippen molar-refractivity contribution >= 4 is 11.9 Å². The third-order valence-corrected chi connectivity index (χ3v) is 3.67. The maximum Gasteiger partial charge on any atom is 0.306 e. The van der Waals surface area contributed by atoms with Crippen molar-refractivity contribution in [3.05, 3.63) is 35.8 Å². The van der Waals surface area contributed by atoms with E-state index in [1.54, 1.807) is 18.4 Å². The molecule has 0 fully saturated rings. The number of aryl methyl sites for hydroxylation is 1. The van der Waals surface area contributed by atoms with Crippen LogP contribution in [0, 0.1) is 0 Å². The second-order valence-electron chi connectivity index (χ2n) is 5.45. The Kier molecular flexibility index (Phi) is 6.74. The fourth-order valence-corrected chi connectivity index (χ4v) is 2.44. The predicted octanol–water partition coefficient (Wildman–Crippen LogP) is 2.76. The Balaban J connectivity index is 1.53. The number of carbonyl (C=O) groups excluding carboxylic acids is 2. The molecule has 1 aliphatic rings. The minimum atomic E-state index is -0.387. The van der Waals surface area contributed by atoms with Crippen LogP contribution in [0.2, 0.25) is 0 Å². The molecule has 5 nitrogen and oxygen atoms in total. The van der Waals surface area contributed by atoms with Gasteiger partial charge in [-0.1, -0.05) is 11.6 Å². The second-order valence-corrected chi connectivity index (χ2v) is 5.45. The lowest BCUT2D eigenvalue weighted by molar-refractivity contribution is -0.148. The largest absolute Gasteiger partial charge is 0.469 e. The van der Waals surface area contributed by atoms with Gasteiger partial charge < -0.3 is 14.5 Å². The van der Waals surface area contributed by atoms with Crippen molar-refractivity contribution in [1.29, 1.82) is 0 Å². The van der Waals surface area contributed by atoms with Gasteiger partial charge in [-0.25, -0.2) is 0 Å². The first-order chi connectivity index (χ1) is 10.7. The summed E-state index contributed by atoms with van der Waals surface area (Å²) >= 11 is 0. The number of amides is 1. The van der Waals surface area contributed by atoms with Crippen molar-refractivity contribution < 1.29 is 18.7 Å². The smallest absolute Gasteiger partial charge is 0.306 e. The molecule has 0 radical (unpaired) electrons. The zero-order chi connectivity index (χ0) is 15.6. The average Bonchev–Trinajstić information content (AvgIpc) is 3.05. The van der Waals surface area contributed by atoms with Crippen LogP contribution in [0.25, 0.3) is 0 Å². The number of rotatable bonds is 8. The van der Waals surface area contributed by atoms with Gasteiger partial charge >= 0.3 is 5.97 Å². The van der Waals surface area contributed by atoms with Crippen LogP contribution in [0.4, 0.5) is 0 Å². The molecule has 0 spiro atoms. The van der Waals surface area contributed by atoms with Gasteiger partial charge in [0.25, 0.3) is 5.91 Å². The maximum absolute atomic E-state index is 11.6. The maximum atomic E-state index is 11.6.